The van der Waals surface area contributed by atoms with Gasteiger partial charge in [0.05, 0.1) is 11.0 Å². The van der Waals surface area contributed by atoms with Crippen molar-refractivity contribution in [1.29, 1.82) is 0 Å². The summed E-state index contributed by atoms with van der Waals surface area (Å²) in [4.78, 5) is 0. The summed E-state index contributed by atoms with van der Waals surface area (Å²) in [6.45, 7) is 1.31. The highest BCUT2D eigenvalue weighted by Crippen LogP contribution is 2.19. The second kappa shape index (κ2) is 4.59. The van der Waals surface area contributed by atoms with Crippen molar-refractivity contribution in [3.63, 3.8) is 0 Å². The topological polar surface area (TPSA) is 51.1 Å². The molecule has 16 heavy (non-hydrogen) atoms. The van der Waals surface area contributed by atoms with Gasteiger partial charge in [-0.25, -0.2) is 8.42 Å². The minimum atomic E-state index is -2.81. The maximum Gasteiger partial charge on any atom is 0.154 e. The van der Waals surface area contributed by atoms with Gasteiger partial charge in [-0.1, -0.05) is 0 Å². The Bertz CT molecular complexity index is 450. The number of hydrogen-bond acceptors (Lipinski definition) is 3. The summed E-state index contributed by atoms with van der Waals surface area (Å²) in [7, 11) is -0.818. The summed E-state index contributed by atoms with van der Waals surface area (Å²) in [5, 5.41) is 3.05. The van der Waals surface area contributed by atoms with Crippen molar-refractivity contribution in [3.8, 4) is 0 Å². The number of aromatic nitrogens is 1. The fourth-order valence-electron chi connectivity index (χ4n) is 2.13. The number of hydrogen-bond donors (Lipinski definition) is 1. The predicted octanol–water partition coefficient (Wildman–Crippen LogP) is 0.692. The maximum absolute atomic E-state index is 11.6. The van der Waals surface area contributed by atoms with Gasteiger partial charge in [-0.3, -0.25) is 0 Å². The first-order valence-electron chi connectivity index (χ1n) is 5.62. The van der Waals surface area contributed by atoms with Crippen LogP contribution in [0.3, 0.4) is 0 Å². The first kappa shape index (κ1) is 11.7. The molecule has 1 aliphatic heterocycles. The number of sulfone groups is 1. The van der Waals surface area contributed by atoms with E-state index in [1.807, 2.05) is 29.9 Å². The lowest BCUT2D eigenvalue weighted by molar-refractivity contribution is 0.570. The van der Waals surface area contributed by atoms with Crippen molar-refractivity contribution in [1.82, 2.24) is 9.88 Å². The van der Waals surface area contributed by atoms with E-state index in [2.05, 4.69) is 5.32 Å². The van der Waals surface area contributed by atoms with E-state index < -0.39 is 9.84 Å². The average Bonchev–Trinajstić information content (AvgIpc) is 2.75. The highest BCUT2D eigenvalue weighted by Gasteiger charge is 2.30. The molecule has 1 saturated heterocycles. The van der Waals surface area contributed by atoms with Gasteiger partial charge in [-0.05, 0) is 25.0 Å². The molecule has 0 amide bonds. The highest BCUT2D eigenvalue weighted by molar-refractivity contribution is 7.92. The molecule has 0 aliphatic carbocycles. The van der Waals surface area contributed by atoms with E-state index in [0.717, 1.165) is 19.4 Å². The quantitative estimate of drug-likeness (QED) is 0.845. The monoisotopic (exact) mass is 242 g/mol. The van der Waals surface area contributed by atoms with Crippen LogP contribution in [-0.2, 0) is 23.4 Å². The van der Waals surface area contributed by atoms with Crippen LogP contribution in [0.25, 0.3) is 0 Å². The zero-order chi connectivity index (χ0) is 11.6. The molecule has 5 heteroatoms. The Kier molecular flexibility index (Phi) is 3.35. The molecule has 2 rings (SSSR count). The predicted molar refractivity (Wildman–Crippen MR) is 63.9 cm³/mol. The smallest absolute Gasteiger partial charge is 0.154 e. The summed E-state index contributed by atoms with van der Waals surface area (Å²) in [5.74, 6) is 0.365. The number of nitrogens with zero attached hydrogens (tertiary/aromatic N) is 1. The summed E-state index contributed by atoms with van der Waals surface area (Å²) in [5.41, 5.74) is 1.18. The molecule has 0 spiro atoms. The summed E-state index contributed by atoms with van der Waals surface area (Å²) in [6.07, 6.45) is 3.62. The van der Waals surface area contributed by atoms with Gasteiger partial charge in [0.1, 0.15) is 0 Å². The van der Waals surface area contributed by atoms with Gasteiger partial charge < -0.3 is 9.88 Å². The van der Waals surface area contributed by atoms with E-state index in [0.29, 0.717) is 12.3 Å². The van der Waals surface area contributed by atoms with E-state index in [1.165, 1.54) is 5.69 Å². The molecule has 0 saturated carbocycles. The third-order valence-corrected chi connectivity index (χ3v) is 5.47. The van der Waals surface area contributed by atoms with Crippen molar-refractivity contribution in [2.45, 2.75) is 24.6 Å². The van der Waals surface area contributed by atoms with Crippen molar-refractivity contribution in [2.24, 2.45) is 7.05 Å². The Morgan fingerprint density at radius 2 is 2.38 bits per heavy atom. The third-order valence-electron chi connectivity index (χ3n) is 3.19. The molecular weight excluding hydrogens is 224 g/mol. The minimum Gasteiger partial charge on any atom is -0.353 e. The van der Waals surface area contributed by atoms with Gasteiger partial charge >= 0.3 is 0 Å². The second-order valence-corrected chi connectivity index (χ2v) is 6.77. The first-order valence-corrected chi connectivity index (χ1v) is 7.33. The lowest BCUT2D eigenvalue weighted by Crippen LogP contribution is -2.30. The van der Waals surface area contributed by atoms with E-state index in [9.17, 15) is 8.42 Å². The fourth-order valence-corrected chi connectivity index (χ4v) is 3.93. The standard InChI is InChI=1S/C11H18N2O2S/c1-13-6-2-4-10(13)8-12-9-11-5-3-7-16(11,14)15/h2,4,6,11-12H,3,5,7-9H2,1H3. The van der Waals surface area contributed by atoms with Gasteiger partial charge in [-0.2, -0.15) is 0 Å². The van der Waals surface area contributed by atoms with Crippen LogP contribution in [0, 0.1) is 0 Å². The van der Waals surface area contributed by atoms with Crippen LogP contribution in [0.1, 0.15) is 18.5 Å². The molecule has 0 aromatic carbocycles. The SMILES string of the molecule is Cn1cccc1CNCC1CCCS1(=O)=O. The van der Waals surface area contributed by atoms with Crippen LogP contribution >= 0.6 is 0 Å². The zero-order valence-electron chi connectivity index (χ0n) is 9.52. The average molecular weight is 242 g/mol. The molecule has 1 aliphatic rings. The molecule has 1 atom stereocenters. The van der Waals surface area contributed by atoms with Crippen molar-refractivity contribution < 1.29 is 8.42 Å². The number of rotatable bonds is 4. The van der Waals surface area contributed by atoms with Gasteiger partial charge in [0.2, 0.25) is 0 Å². The number of aryl methyl sites for hydroxylation is 1. The maximum atomic E-state index is 11.6. The van der Waals surface area contributed by atoms with Crippen molar-refractivity contribution >= 4 is 9.84 Å². The minimum absolute atomic E-state index is 0.173. The Morgan fingerprint density at radius 3 is 2.94 bits per heavy atom. The highest BCUT2D eigenvalue weighted by atomic mass is 32.2. The largest absolute Gasteiger partial charge is 0.353 e. The molecule has 0 bridgehead atoms. The molecule has 1 N–H and O–H groups in total. The van der Waals surface area contributed by atoms with Crippen LogP contribution in [0.4, 0.5) is 0 Å². The Balaban J connectivity index is 1.83. The van der Waals surface area contributed by atoms with Gasteiger partial charge in [-0.15, -0.1) is 0 Å². The third kappa shape index (κ3) is 2.47. The van der Waals surface area contributed by atoms with Gasteiger partial charge in [0.25, 0.3) is 0 Å². The van der Waals surface area contributed by atoms with Crippen molar-refractivity contribution in [2.75, 3.05) is 12.3 Å². The Hall–Kier alpha value is -0.810. The summed E-state index contributed by atoms with van der Waals surface area (Å²) < 4.78 is 25.2. The molecule has 1 aromatic heterocycles. The second-order valence-electron chi connectivity index (χ2n) is 4.37. The lowest BCUT2D eigenvalue weighted by Gasteiger charge is -2.11. The first-order chi connectivity index (χ1) is 7.59. The van der Waals surface area contributed by atoms with Crippen molar-refractivity contribution in [3.05, 3.63) is 24.0 Å². The van der Waals surface area contributed by atoms with E-state index >= 15 is 0 Å². The molecular formula is C11H18N2O2S. The lowest BCUT2D eigenvalue weighted by atomic mass is 10.2. The molecule has 4 nitrogen and oxygen atoms in total. The summed E-state index contributed by atoms with van der Waals surface area (Å²) in [6, 6.07) is 4.03. The van der Waals surface area contributed by atoms with Gasteiger partial charge in [0, 0.05) is 32.0 Å². The molecule has 1 fully saturated rings. The van der Waals surface area contributed by atoms with Crippen LogP contribution in [0.15, 0.2) is 18.3 Å². The van der Waals surface area contributed by atoms with Crippen LogP contribution < -0.4 is 5.32 Å². The molecule has 90 valence electrons. The Labute approximate surface area is 96.6 Å². The van der Waals surface area contributed by atoms with Gasteiger partial charge in [0.15, 0.2) is 9.84 Å². The van der Waals surface area contributed by atoms with E-state index in [4.69, 9.17) is 0 Å². The molecule has 2 heterocycles. The molecule has 0 radical (unpaired) electrons. The van der Waals surface area contributed by atoms with Crippen LogP contribution in [0.2, 0.25) is 0 Å². The number of nitrogens with one attached hydrogen (secondary N) is 1. The zero-order valence-corrected chi connectivity index (χ0v) is 10.3. The fraction of sp³-hybridized carbons (Fsp3) is 0.636. The molecule has 1 aromatic rings. The Morgan fingerprint density at radius 1 is 1.56 bits per heavy atom. The van der Waals surface area contributed by atoms with Crippen LogP contribution in [0.5, 0.6) is 0 Å². The normalized spacial score (nSPS) is 23.7. The van der Waals surface area contributed by atoms with Crippen LogP contribution in [-0.4, -0.2) is 30.5 Å². The van der Waals surface area contributed by atoms with E-state index in [-0.39, 0.29) is 5.25 Å². The molecule has 1 unspecified atom stereocenters. The summed E-state index contributed by atoms with van der Waals surface area (Å²) >= 11 is 0. The van der Waals surface area contributed by atoms with E-state index in [1.54, 1.807) is 0 Å².